The Kier molecular flexibility index (Phi) is 5.99. The number of nitrogens with one attached hydrogen (secondary N) is 1. The highest BCUT2D eigenvalue weighted by Crippen LogP contribution is 2.26. The van der Waals surface area contributed by atoms with E-state index in [9.17, 15) is 9.59 Å². The van der Waals surface area contributed by atoms with Crippen LogP contribution < -0.4 is 10.1 Å². The fourth-order valence-electron chi connectivity index (χ4n) is 4.17. The van der Waals surface area contributed by atoms with Crippen molar-refractivity contribution in [2.45, 2.75) is 38.5 Å². The first-order valence-corrected chi connectivity index (χ1v) is 10.5. The molecule has 2 aromatic rings. The summed E-state index contributed by atoms with van der Waals surface area (Å²) in [5.41, 5.74) is 1.22. The summed E-state index contributed by atoms with van der Waals surface area (Å²) in [6, 6.07) is 13.2. The van der Waals surface area contributed by atoms with Crippen molar-refractivity contribution in [3.05, 3.63) is 59.8 Å². The van der Waals surface area contributed by atoms with E-state index < -0.39 is 0 Å². The number of amides is 2. The molecular formula is C23H28N4O3. The van der Waals surface area contributed by atoms with Crippen molar-refractivity contribution in [3.63, 3.8) is 0 Å². The first kappa shape index (κ1) is 20.3. The van der Waals surface area contributed by atoms with Gasteiger partial charge in [-0.25, -0.2) is 4.98 Å². The Balaban J connectivity index is 1.37. The Morgan fingerprint density at radius 2 is 1.93 bits per heavy atom. The molecule has 1 aromatic carbocycles. The maximum absolute atomic E-state index is 13.0. The van der Waals surface area contributed by atoms with Gasteiger partial charge in [0.2, 0.25) is 5.88 Å². The summed E-state index contributed by atoms with van der Waals surface area (Å²) in [6.07, 6.45) is 2.55. The summed E-state index contributed by atoms with van der Waals surface area (Å²) in [5.74, 6) is 0.413. The molecule has 0 spiro atoms. The number of nitrogens with zero attached hydrogens (tertiary/aromatic N) is 3. The van der Waals surface area contributed by atoms with E-state index in [1.807, 2.05) is 49.1 Å². The van der Waals surface area contributed by atoms with E-state index in [1.54, 1.807) is 12.1 Å². The Morgan fingerprint density at radius 3 is 2.63 bits per heavy atom. The van der Waals surface area contributed by atoms with Crippen molar-refractivity contribution in [2.24, 2.45) is 0 Å². The molecule has 2 amide bonds. The average Bonchev–Trinajstić information content (AvgIpc) is 3.17. The van der Waals surface area contributed by atoms with Gasteiger partial charge in [0.15, 0.2) is 0 Å². The molecule has 1 unspecified atom stereocenters. The quantitative estimate of drug-likeness (QED) is 0.793. The van der Waals surface area contributed by atoms with Gasteiger partial charge in [0.25, 0.3) is 11.8 Å². The lowest BCUT2D eigenvalue weighted by molar-refractivity contribution is 0.0493. The van der Waals surface area contributed by atoms with Gasteiger partial charge >= 0.3 is 0 Å². The van der Waals surface area contributed by atoms with E-state index in [0.29, 0.717) is 24.5 Å². The van der Waals surface area contributed by atoms with Crippen LogP contribution in [0, 0.1) is 0 Å². The SMILES string of the molecule is CC(C)Oc1ccc(C(=O)NC[C@@H]2CN(C(=O)c3ccccc3)[C@H]3CCN2C3)cn1. The van der Waals surface area contributed by atoms with Crippen LogP contribution in [0.2, 0.25) is 0 Å². The maximum Gasteiger partial charge on any atom is 0.254 e. The second-order valence-corrected chi connectivity index (χ2v) is 8.18. The average molecular weight is 409 g/mol. The topological polar surface area (TPSA) is 74.8 Å². The van der Waals surface area contributed by atoms with Gasteiger partial charge in [-0.3, -0.25) is 14.5 Å². The molecule has 1 aromatic heterocycles. The number of ether oxygens (including phenoxy) is 1. The molecular weight excluding hydrogens is 380 g/mol. The van der Waals surface area contributed by atoms with Gasteiger partial charge in [0.05, 0.1) is 11.7 Å². The number of piperazine rings is 1. The van der Waals surface area contributed by atoms with Crippen molar-refractivity contribution in [1.82, 2.24) is 20.1 Å². The van der Waals surface area contributed by atoms with Crippen LogP contribution in [0.4, 0.5) is 0 Å². The first-order valence-electron chi connectivity index (χ1n) is 10.5. The Hall–Kier alpha value is -2.93. The lowest BCUT2D eigenvalue weighted by atomic mass is 10.1. The second-order valence-electron chi connectivity index (χ2n) is 8.18. The molecule has 158 valence electrons. The lowest BCUT2D eigenvalue weighted by Gasteiger charge is -2.40. The summed E-state index contributed by atoms with van der Waals surface area (Å²) >= 11 is 0. The predicted molar refractivity (Wildman–Crippen MR) is 114 cm³/mol. The van der Waals surface area contributed by atoms with Crippen molar-refractivity contribution < 1.29 is 14.3 Å². The van der Waals surface area contributed by atoms with Gasteiger partial charge in [-0.05, 0) is 38.5 Å². The van der Waals surface area contributed by atoms with Crippen molar-refractivity contribution in [2.75, 3.05) is 26.2 Å². The molecule has 3 atom stereocenters. The van der Waals surface area contributed by atoms with Crippen LogP contribution >= 0.6 is 0 Å². The van der Waals surface area contributed by atoms with E-state index >= 15 is 0 Å². The number of rotatable bonds is 6. The third-order valence-electron chi connectivity index (χ3n) is 5.69. The molecule has 3 heterocycles. The van der Waals surface area contributed by atoms with Crippen LogP contribution in [0.25, 0.3) is 0 Å². The van der Waals surface area contributed by atoms with Crippen LogP contribution in [0.15, 0.2) is 48.7 Å². The number of carbonyl (C=O) groups is 2. The molecule has 2 bridgehead atoms. The number of fused-ring (bicyclic) bond motifs is 2. The zero-order valence-corrected chi connectivity index (χ0v) is 17.5. The number of hydrogen-bond acceptors (Lipinski definition) is 5. The van der Waals surface area contributed by atoms with Gasteiger partial charge in [-0.2, -0.15) is 0 Å². The molecule has 0 radical (unpaired) electrons. The Morgan fingerprint density at radius 1 is 1.13 bits per heavy atom. The van der Waals surface area contributed by atoms with Crippen molar-refractivity contribution in [1.29, 1.82) is 0 Å². The predicted octanol–water partition coefficient (Wildman–Crippen LogP) is 2.20. The van der Waals surface area contributed by atoms with Crippen LogP contribution in [0.3, 0.4) is 0 Å². The zero-order chi connectivity index (χ0) is 21.1. The number of pyridine rings is 1. The molecule has 2 aliphatic rings. The Labute approximate surface area is 177 Å². The second kappa shape index (κ2) is 8.83. The Bertz CT molecular complexity index is 885. The van der Waals surface area contributed by atoms with Gasteiger partial charge < -0.3 is 15.0 Å². The van der Waals surface area contributed by atoms with Crippen molar-refractivity contribution in [3.8, 4) is 5.88 Å². The summed E-state index contributed by atoms with van der Waals surface area (Å²) in [7, 11) is 0. The summed E-state index contributed by atoms with van der Waals surface area (Å²) in [4.78, 5) is 34.1. The largest absolute Gasteiger partial charge is 0.475 e. The fraction of sp³-hybridized carbons (Fsp3) is 0.435. The molecule has 1 N–H and O–H groups in total. The first-order chi connectivity index (χ1) is 14.5. The molecule has 30 heavy (non-hydrogen) atoms. The molecule has 2 saturated heterocycles. The fourth-order valence-corrected chi connectivity index (χ4v) is 4.17. The summed E-state index contributed by atoms with van der Waals surface area (Å²) in [6.45, 7) is 6.79. The zero-order valence-electron chi connectivity index (χ0n) is 17.5. The van der Waals surface area contributed by atoms with E-state index in [1.165, 1.54) is 6.20 Å². The maximum atomic E-state index is 13.0. The molecule has 0 saturated carbocycles. The number of carbonyl (C=O) groups excluding carboxylic acids is 2. The van der Waals surface area contributed by atoms with Gasteiger partial charge in [0, 0.05) is 56.1 Å². The molecule has 7 heteroatoms. The molecule has 2 aliphatic heterocycles. The standard InChI is InChI=1S/C23H28N4O3/c1-16(2)30-21-9-8-18(12-24-21)22(28)25-13-20-15-27(19-10-11-26(20)14-19)23(29)17-6-4-3-5-7-17/h3-9,12,16,19-20H,10-11,13-15H2,1-2H3,(H,25,28)/t19-,20+/m0/s1. The number of hydrogen-bond donors (Lipinski definition) is 1. The van der Waals surface area contributed by atoms with Gasteiger partial charge in [-0.1, -0.05) is 18.2 Å². The van der Waals surface area contributed by atoms with Gasteiger partial charge in [0.1, 0.15) is 0 Å². The third kappa shape index (κ3) is 4.46. The van der Waals surface area contributed by atoms with Crippen molar-refractivity contribution >= 4 is 11.8 Å². The monoisotopic (exact) mass is 408 g/mol. The highest BCUT2D eigenvalue weighted by Gasteiger charge is 2.40. The highest BCUT2D eigenvalue weighted by molar-refractivity contribution is 5.95. The molecule has 2 fully saturated rings. The molecule has 4 rings (SSSR count). The van der Waals surface area contributed by atoms with E-state index in [4.69, 9.17) is 4.74 Å². The summed E-state index contributed by atoms with van der Waals surface area (Å²) < 4.78 is 5.52. The minimum atomic E-state index is -0.166. The van der Waals surface area contributed by atoms with Crippen LogP contribution in [-0.2, 0) is 0 Å². The summed E-state index contributed by atoms with van der Waals surface area (Å²) in [5, 5.41) is 3.01. The third-order valence-corrected chi connectivity index (χ3v) is 5.69. The van der Waals surface area contributed by atoms with E-state index in [2.05, 4.69) is 15.2 Å². The normalized spacial score (nSPS) is 22.8. The highest BCUT2D eigenvalue weighted by atomic mass is 16.5. The van der Waals surface area contributed by atoms with Crippen LogP contribution in [0.5, 0.6) is 5.88 Å². The van der Waals surface area contributed by atoms with E-state index in [-0.39, 0.29) is 30.0 Å². The van der Waals surface area contributed by atoms with E-state index in [0.717, 1.165) is 25.1 Å². The minimum absolute atomic E-state index is 0.0364. The van der Waals surface area contributed by atoms with Gasteiger partial charge in [-0.15, -0.1) is 0 Å². The smallest absolute Gasteiger partial charge is 0.254 e. The lowest BCUT2D eigenvalue weighted by Crippen LogP contribution is -2.57. The number of benzene rings is 1. The minimum Gasteiger partial charge on any atom is -0.475 e. The van der Waals surface area contributed by atoms with Crippen LogP contribution in [-0.4, -0.2) is 71.0 Å². The van der Waals surface area contributed by atoms with Crippen LogP contribution in [0.1, 0.15) is 41.0 Å². The molecule has 7 nitrogen and oxygen atoms in total. The number of aromatic nitrogens is 1. The molecule has 0 aliphatic carbocycles.